The summed E-state index contributed by atoms with van der Waals surface area (Å²) in [5.41, 5.74) is 0. The zero-order valence-corrected chi connectivity index (χ0v) is 7.60. The minimum Gasteiger partial charge on any atom is -0.349 e. The number of sulfonamides is 1. The second-order valence-electron chi connectivity index (χ2n) is 2.44. The molecular weight excluding hydrogens is 180 g/mol. The monoisotopic (exact) mass is 192 g/mol. The molecule has 0 aliphatic carbocycles. The maximum atomic E-state index is 10.6. The number of amides is 1. The topological polar surface area (TPSA) is 89.3 Å². The Hall–Kier alpha value is -0.880. The molecule has 0 aliphatic rings. The Labute approximate surface area is 71.7 Å². The van der Waals surface area contributed by atoms with E-state index in [1.165, 1.54) is 0 Å². The summed E-state index contributed by atoms with van der Waals surface area (Å²) >= 11 is 0. The molecule has 1 atom stereocenters. The molecule has 5 nitrogen and oxygen atoms in total. The van der Waals surface area contributed by atoms with Crippen molar-refractivity contribution in [2.45, 2.75) is 13.0 Å². The highest BCUT2D eigenvalue weighted by atomic mass is 32.2. The van der Waals surface area contributed by atoms with Crippen molar-refractivity contribution in [1.29, 1.82) is 0 Å². The number of hydrogen-bond donors (Lipinski definition) is 2. The Kier molecular flexibility index (Phi) is 3.91. The van der Waals surface area contributed by atoms with Crippen molar-refractivity contribution in [1.82, 2.24) is 5.32 Å². The van der Waals surface area contributed by atoms with Crippen LogP contribution in [0.5, 0.6) is 0 Å². The predicted molar refractivity (Wildman–Crippen MR) is 45.8 cm³/mol. The summed E-state index contributed by atoms with van der Waals surface area (Å²) in [7, 11) is -3.53. The molecule has 0 rings (SSSR count). The van der Waals surface area contributed by atoms with E-state index in [0.717, 1.165) is 6.08 Å². The van der Waals surface area contributed by atoms with E-state index >= 15 is 0 Å². The van der Waals surface area contributed by atoms with Crippen molar-refractivity contribution in [3.05, 3.63) is 12.7 Å². The summed E-state index contributed by atoms with van der Waals surface area (Å²) in [6.45, 7) is 4.76. The van der Waals surface area contributed by atoms with Gasteiger partial charge >= 0.3 is 0 Å². The molecule has 0 heterocycles. The number of hydrogen-bond acceptors (Lipinski definition) is 3. The third kappa shape index (κ3) is 5.87. The molecule has 70 valence electrons. The molecule has 0 saturated heterocycles. The Bertz CT molecular complexity index is 271. The van der Waals surface area contributed by atoms with Crippen LogP contribution in [0.1, 0.15) is 6.92 Å². The van der Waals surface area contributed by atoms with Crippen LogP contribution in [-0.2, 0) is 14.8 Å². The molecular formula is C6H12N2O3S. The summed E-state index contributed by atoms with van der Waals surface area (Å²) in [6.07, 6.45) is 1.07. The van der Waals surface area contributed by atoms with Crippen molar-refractivity contribution < 1.29 is 13.2 Å². The molecule has 0 aromatic carbocycles. The van der Waals surface area contributed by atoms with Crippen molar-refractivity contribution in [3.63, 3.8) is 0 Å². The molecule has 1 amide bonds. The first kappa shape index (κ1) is 11.1. The van der Waals surface area contributed by atoms with E-state index in [-0.39, 0.29) is 5.75 Å². The number of primary sulfonamides is 1. The Balaban J connectivity index is 3.99. The predicted octanol–water partition coefficient (Wildman–Crippen LogP) is -1.03. The molecule has 0 aliphatic heterocycles. The lowest BCUT2D eigenvalue weighted by molar-refractivity contribution is -0.116. The summed E-state index contributed by atoms with van der Waals surface area (Å²) in [5.74, 6) is -0.682. The first-order valence-electron chi connectivity index (χ1n) is 3.28. The van der Waals surface area contributed by atoms with Crippen LogP contribution in [0.2, 0.25) is 0 Å². The van der Waals surface area contributed by atoms with Gasteiger partial charge in [-0.15, -0.1) is 0 Å². The van der Waals surface area contributed by atoms with Gasteiger partial charge in [0.15, 0.2) is 0 Å². The van der Waals surface area contributed by atoms with Gasteiger partial charge in [0.05, 0.1) is 5.75 Å². The van der Waals surface area contributed by atoms with Crippen LogP contribution >= 0.6 is 0 Å². The zero-order valence-electron chi connectivity index (χ0n) is 6.78. The van der Waals surface area contributed by atoms with Gasteiger partial charge in [0.1, 0.15) is 0 Å². The van der Waals surface area contributed by atoms with Gasteiger partial charge < -0.3 is 5.32 Å². The highest BCUT2D eigenvalue weighted by Gasteiger charge is 2.11. The molecule has 0 aromatic heterocycles. The second kappa shape index (κ2) is 4.22. The molecule has 0 unspecified atom stereocenters. The summed E-state index contributed by atoms with van der Waals surface area (Å²) < 4.78 is 21.0. The SMILES string of the molecule is C=CC(=O)N[C@@H](C)CS(N)(=O)=O. The fraction of sp³-hybridized carbons (Fsp3) is 0.500. The lowest BCUT2D eigenvalue weighted by atomic mass is 10.4. The van der Waals surface area contributed by atoms with Crippen LogP contribution in [-0.4, -0.2) is 26.1 Å². The largest absolute Gasteiger partial charge is 0.349 e. The molecule has 12 heavy (non-hydrogen) atoms. The molecule has 0 radical (unpaired) electrons. The quantitative estimate of drug-likeness (QED) is 0.558. The van der Waals surface area contributed by atoms with Crippen molar-refractivity contribution >= 4 is 15.9 Å². The van der Waals surface area contributed by atoms with E-state index in [2.05, 4.69) is 11.9 Å². The van der Waals surface area contributed by atoms with Crippen LogP contribution in [0, 0.1) is 0 Å². The average molecular weight is 192 g/mol. The molecule has 0 aromatic rings. The van der Waals surface area contributed by atoms with E-state index in [9.17, 15) is 13.2 Å². The maximum Gasteiger partial charge on any atom is 0.243 e. The number of nitrogens with one attached hydrogen (secondary N) is 1. The highest BCUT2D eigenvalue weighted by Crippen LogP contribution is 1.86. The Morgan fingerprint density at radius 3 is 2.58 bits per heavy atom. The normalized spacial score (nSPS) is 13.5. The van der Waals surface area contributed by atoms with Crippen LogP contribution in [0.15, 0.2) is 12.7 Å². The molecule has 0 bridgehead atoms. The third-order valence-corrected chi connectivity index (χ3v) is 2.02. The van der Waals surface area contributed by atoms with E-state index in [1.54, 1.807) is 6.92 Å². The lowest BCUT2D eigenvalue weighted by Gasteiger charge is -2.09. The third-order valence-electron chi connectivity index (χ3n) is 1.06. The standard InChI is InChI=1S/C6H12N2O3S/c1-3-6(9)8-5(2)4-12(7,10)11/h3,5H,1,4H2,2H3,(H,8,9)(H2,7,10,11)/t5-/m0/s1. The van der Waals surface area contributed by atoms with Gasteiger partial charge in [-0.05, 0) is 13.0 Å². The van der Waals surface area contributed by atoms with Gasteiger partial charge in [-0.3, -0.25) is 4.79 Å². The van der Waals surface area contributed by atoms with Gasteiger partial charge in [0, 0.05) is 6.04 Å². The molecule has 0 saturated carbocycles. The summed E-state index contributed by atoms with van der Waals surface area (Å²) in [6, 6.07) is -0.495. The Morgan fingerprint density at radius 1 is 1.75 bits per heavy atom. The Morgan fingerprint density at radius 2 is 2.25 bits per heavy atom. The number of carbonyl (C=O) groups is 1. The lowest BCUT2D eigenvalue weighted by Crippen LogP contribution is -2.38. The van der Waals surface area contributed by atoms with E-state index < -0.39 is 22.0 Å². The number of nitrogens with two attached hydrogens (primary N) is 1. The van der Waals surface area contributed by atoms with Crippen molar-refractivity contribution in [2.75, 3.05) is 5.75 Å². The fourth-order valence-corrected chi connectivity index (χ4v) is 1.47. The minimum atomic E-state index is -3.53. The summed E-state index contributed by atoms with van der Waals surface area (Å²) in [5, 5.41) is 7.12. The van der Waals surface area contributed by atoms with Crippen LogP contribution < -0.4 is 10.5 Å². The van der Waals surface area contributed by atoms with E-state index in [0.29, 0.717) is 0 Å². The van der Waals surface area contributed by atoms with E-state index in [4.69, 9.17) is 5.14 Å². The minimum absolute atomic E-state index is 0.271. The summed E-state index contributed by atoms with van der Waals surface area (Å²) in [4.78, 5) is 10.6. The van der Waals surface area contributed by atoms with Gasteiger partial charge in [-0.25, -0.2) is 13.6 Å². The van der Waals surface area contributed by atoms with Gasteiger partial charge in [-0.1, -0.05) is 6.58 Å². The smallest absolute Gasteiger partial charge is 0.243 e. The first-order valence-corrected chi connectivity index (χ1v) is 5.00. The average Bonchev–Trinajstić information content (AvgIpc) is 1.82. The second-order valence-corrected chi connectivity index (χ2v) is 4.10. The van der Waals surface area contributed by atoms with Crippen LogP contribution in [0.3, 0.4) is 0 Å². The molecule has 0 fully saturated rings. The molecule has 3 N–H and O–H groups in total. The molecule has 0 spiro atoms. The van der Waals surface area contributed by atoms with Gasteiger partial charge in [0.2, 0.25) is 15.9 Å². The van der Waals surface area contributed by atoms with Crippen LogP contribution in [0.25, 0.3) is 0 Å². The van der Waals surface area contributed by atoms with Gasteiger partial charge in [-0.2, -0.15) is 0 Å². The van der Waals surface area contributed by atoms with Crippen molar-refractivity contribution in [2.24, 2.45) is 5.14 Å². The number of carbonyl (C=O) groups excluding carboxylic acids is 1. The number of rotatable bonds is 4. The van der Waals surface area contributed by atoms with Crippen LogP contribution in [0.4, 0.5) is 0 Å². The van der Waals surface area contributed by atoms with E-state index in [1.807, 2.05) is 0 Å². The molecule has 6 heteroatoms. The zero-order chi connectivity index (χ0) is 9.78. The van der Waals surface area contributed by atoms with Crippen molar-refractivity contribution in [3.8, 4) is 0 Å². The highest BCUT2D eigenvalue weighted by molar-refractivity contribution is 7.89. The van der Waals surface area contributed by atoms with Gasteiger partial charge in [0.25, 0.3) is 0 Å². The fourth-order valence-electron chi connectivity index (χ4n) is 0.692. The first-order chi connectivity index (χ1) is 5.35. The maximum absolute atomic E-state index is 10.6.